The van der Waals surface area contributed by atoms with Gasteiger partial charge in [0.1, 0.15) is 0 Å². The van der Waals surface area contributed by atoms with Crippen LogP contribution in [-0.2, 0) is 11.2 Å². The molecular formula is C18H26O2S. The van der Waals surface area contributed by atoms with Crippen LogP contribution in [-0.4, -0.2) is 34.9 Å². The molecule has 0 amide bonds. The Kier molecular flexibility index (Phi) is 4.92. The van der Waals surface area contributed by atoms with Gasteiger partial charge in [0.15, 0.2) is 0 Å². The minimum absolute atomic E-state index is 0.0806. The van der Waals surface area contributed by atoms with Gasteiger partial charge in [0.2, 0.25) is 0 Å². The monoisotopic (exact) mass is 306 g/mol. The fraction of sp³-hybridized carbons (Fsp3) is 0.667. The minimum atomic E-state index is -0.184. The Balaban J connectivity index is 1.55. The molecule has 3 heteroatoms. The molecule has 1 N–H and O–H groups in total. The zero-order valence-electron chi connectivity index (χ0n) is 12.9. The molecule has 0 aromatic heterocycles. The van der Waals surface area contributed by atoms with E-state index in [0.29, 0.717) is 5.92 Å². The van der Waals surface area contributed by atoms with Crippen LogP contribution in [0.3, 0.4) is 0 Å². The Morgan fingerprint density at radius 2 is 2.29 bits per heavy atom. The molecule has 3 rings (SSSR count). The smallest absolute Gasteiger partial charge is 0.0783 e. The Labute approximate surface area is 132 Å². The lowest BCUT2D eigenvalue weighted by molar-refractivity contribution is -0.102. The third-order valence-corrected chi connectivity index (χ3v) is 6.34. The second kappa shape index (κ2) is 6.72. The van der Waals surface area contributed by atoms with Crippen LogP contribution in [0.15, 0.2) is 24.3 Å². The van der Waals surface area contributed by atoms with Crippen molar-refractivity contribution >= 4 is 11.8 Å². The van der Waals surface area contributed by atoms with Crippen molar-refractivity contribution in [2.24, 2.45) is 5.92 Å². The second-order valence-electron chi connectivity index (χ2n) is 6.62. The van der Waals surface area contributed by atoms with Crippen molar-refractivity contribution < 1.29 is 9.84 Å². The molecule has 0 saturated carbocycles. The van der Waals surface area contributed by atoms with Crippen molar-refractivity contribution in [3.8, 4) is 0 Å². The zero-order chi connectivity index (χ0) is 14.7. The number of hydrogen-bond acceptors (Lipinski definition) is 3. The lowest BCUT2D eigenvalue weighted by atomic mass is 9.81. The Hall–Kier alpha value is -0.510. The summed E-state index contributed by atoms with van der Waals surface area (Å²) in [5, 5.41) is 10.6. The quantitative estimate of drug-likeness (QED) is 0.922. The van der Waals surface area contributed by atoms with Crippen molar-refractivity contribution in [2.45, 2.75) is 50.7 Å². The highest BCUT2D eigenvalue weighted by molar-refractivity contribution is 7.99. The van der Waals surface area contributed by atoms with Crippen LogP contribution in [0.2, 0.25) is 0 Å². The molecule has 2 saturated heterocycles. The molecule has 3 atom stereocenters. The lowest BCUT2D eigenvalue weighted by Gasteiger charge is -2.39. The first-order valence-electron chi connectivity index (χ1n) is 8.13. The topological polar surface area (TPSA) is 29.5 Å². The van der Waals surface area contributed by atoms with Gasteiger partial charge in [-0.1, -0.05) is 24.3 Å². The van der Waals surface area contributed by atoms with Crippen molar-refractivity contribution in [3.05, 3.63) is 35.4 Å². The van der Waals surface area contributed by atoms with E-state index in [0.717, 1.165) is 38.0 Å². The third-order valence-electron chi connectivity index (χ3n) is 5.11. The van der Waals surface area contributed by atoms with Crippen LogP contribution in [0, 0.1) is 12.8 Å². The van der Waals surface area contributed by atoms with Crippen LogP contribution in [0.25, 0.3) is 0 Å². The molecule has 1 aromatic carbocycles. The molecule has 0 radical (unpaired) electrons. The summed E-state index contributed by atoms with van der Waals surface area (Å²) in [5.74, 6) is 2.75. The SMILES string of the molecule is Cc1ccccc1CCC(O)C1CCOC2(CCSC2)C1. The van der Waals surface area contributed by atoms with Crippen LogP contribution >= 0.6 is 11.8 Å². The second-order valence-corrected chi connectivity index (χ2v) is 7.72. The Morgan fingerprint density at radius 1 is 1.43 bits per heavy atom. The summed E-state index contributed by atoms with van der Waals surface area (Å²) in [5.41, 5.74) is 2.78. The number of thioether (sulfide) groups is 1. The van der Waals surface area contributed by atoms with Gasteiger partial charge in [-0.15, -0.1) is 0 Å². The van der Waals surface area contributed by atoms with Crippen LogP contribution in [0.1, 0.15) is 36.8 Å². The van der Waals surface area contributed by atoms with E-state index in [9.17, 15) is 5.11 Å². The summed E-state index contributed by atoms with van der Waals surface area (Å²) in [6.45, 7) is 2.98. The van der Waals surface area contributed by atoms with Crippen molar-refractivity contribution in [3.63, 3.8) is 0 Å². The van der Waals surface area contributed by atoms with E-state index in [1.807, 2.05) is 11.8 Å². The van der Waals surface area contributed by atoms with Gasteiger partial charge < -0.3 is 9.84 Å². The predicted molar refractivity (Wildman–Crippen MR) is 88.9 cm³/mol. The zero-order valence-corrected chi connectivity index (χ0v) is 13.7. The normalized spacial score (nSPS) is 30.7. The summed E-state index contributed by atoms with van der Waals surface area (Å²) >= 11 is 2.00. The lowest BCUT2D eigenvalue weighted by Crippen LogP contribution is -2.43. The van der Waals surface area contributed by atoms with Crippen molar-refractivity contribution in [2.75, 3.05) is 18.1 Å². The van der Waals surface area contributed by atoms with E-state index < -0.39 is 0 Å². The molecule has 2 aliphatic heterocycles. The van der Waals surface area contributed by atoms with Crippen molar-refractivity contribution in [1.29, 1.82) is 0 Å². The number of aliphatic hydroxyl groups is 1. The van der Waals surface area contributed by atoms with Gasteiger partial charge in [-0.3, -0.25) is 0 Å². The number of aryl methyl sites for hydroxylation is 2. The highest BCUT2D eigenvalue weighted by atomic mass is 32.2. The van der Waals surface area contributed by atoms with Gasteiger partial charge in [-0.05, 0) is 61.8 Å². The number of aliphatic hydroxyl groups excluding tert-OH is 1. The first-order valence-corrected chi connectivity index (χ1v) is 9.28. The molecule has 2 aliphatic rings. The molecule has 0 bridgehead atoms. The van der Waals surface area contributed by atoms with Crippen LogP contribution in [0.4, 0.5) is 0 Å². The highest BCUT2D eigenvalue weighted by Gasteiger charge is 2.42. The fourth-order valence-corrected chi connectivity index (χ4v) is 5.07. The number of hydrogen-bond donors (Lipinski definition) is 1. The molecular weight excluding hydrogens is 280 g/mol. The summed E-state index contributed by atoms with van der Waals surface area (Å²) in [4.78, 5) is 0. The van der Waals surface area contributed by atoms with Gasteiger partial charge in [0.25, 0.3) is 0 Å². The van der Waals surface area contributed by atoms with Gasteiger partial charge in [0, 0.05) is 12.4 Å². The molecule has 21 heavy (non-hydrogen) atoms. The van der Waals surface area contributed by atoms with E-state index in [1.54, 1.807) is 0 Å². The van der Waals surface area contributed by atoms with Gasteiger partial charge in [0.05, 0.1) is 11.7 Å². The van der Waals surface area contributed by atoms with E-state index in [-0.39, 0.29) is 11.7 Å². The van der Waals surface area contributed by atoms with E-state index in [4.69, 9.17) is 4.74 Å². The number of benzene rings is 1. The highest BCUT2D eigenvalue weighted by Crippen LogP contribution is 2.41. The molecule has 2 heterocycles. The average molecular weight is 306 g/mol. The molecule has 116 valence electrons. The van der Waals surface area contributed by atoms with Crippen molar-refractivity contribution in [1.82, 2.24) is 0 Å². The maximum atomic E-state index is 10.6. The molecule has 3 unspecified atom stereocenters. The summed E-state index contributed by atoms with van der Waals surface area (Å²) in [7, 11) is 0. The number of ether oxygens (including phenoxy) is 1. The predicted octanol–water partition coefficient (Wildman–Crippen LogP) is 3.59. The van der Waals surface area contributed by atoms with Crippen LogP contribution < -0.4 is 0 Å². The first-order chi connectivity index (χ1) is 10.2. The first kappa shape index (κ1) is 15.4. The number of rotatable bonds is 4. The van der Waals surface area contributed by atoms with Gasteiger partial charge in [-0.2, -0.15) is 11.8 Å². The molecule has 1 aromatic rings. The average Bonchev–Trinajstić information content (AvgIpc) is 2.94. The maximum absolute atomic E-state index is 10.6. The van der Waals surface area contributed by atoms with E-state index >= 15 is 0 Å². The molecule has 1 spiro atoms. The molecule has 2 fully saturated rings. The third kappa shape index (κ3) is 3.64. The Bertz CT molecular complexity index is 468. The summed E-state index contributed by atoms with van der Waals surface area (Å²) in [6.07, 6.45) is 4.90. The fourth-order valence-electron chi connectivity index (χ4n) is 3.69. The standard InChI is InChI=1S/C18H26O2S/c1-14-4-2-3-5-15(14)6-7-17(19)16-8-10-20-18(12-16)9-11-21-13-18/h2-5,16-17,19H,6-13H2,1H3. The summed E-state index contributed by atoms with van der Waals surface area (Å²) < 4.78 is 6.06. The van der Waals surface area contributed by atoms with Gasteiger partial charge in [-0.25, -0.2) is 0 Å². The maximum Gasteiger partial charge on any atom is 0.0783 e. The van der Waals surface area contributed by atoms with Gasteiger partial charge >= 0.3 is 0 Å². The summed E-state index contributed by atoms with van der Waals surface area (Å²) in [6, 6.07) is 8.51. The molecule has 0 aliphatic carbocycles. The largest absolute Gasteiger partial charge is 0.393 e. The molecule has 2 nitrogen and oxygen atoms in total. The van der Waals surface area contributed by atoms with Crippen LogP contribution in [0.5, 0.6) is 0 Å². The van der Waals surface area contributed by atoms with E-state index in [1.165, 1.54) is 23.3 Å². The minimum Gasteiger partial charge on any atom is -0.393 e. The van der Waals surface area contributed by atoms with E-state index in [2.05, 4.69) is 31.2 Å². The Morgan fingerprint density at radius 3 is 3.05 bits per heavy atom.